The number of benzene rings is 2. The molecule has 18 heavy (non-hydrogen) atoms. The molecule has 0 saturated heterocycles. The number of anilines is 1. The van der Waals surface area contributed by atoms with E-state index in [2.05, 4.69) is 6.07 Å². The van der Waals surface area contributed by atoms with E-state index < -0.39 is 0 Å². The highest BCUT2D eigenvalue weighted by Crippen LogP contribution is 2.27. The van der Waals surface area contributed by atoms with Crippen LogP contribution in [0.1, 0.15) is 11.1 Å². The van der Waals surface area contributed by atoms with E-state index >= 15 is 0 Å². The first kappa shape index (κ1) is 12.8. The zero-order valence-corrected chi connectivity index (χ0v) is 11.1. The van der Waals surface area contributed by atoms with Gasteiger partial charge in [0.05, 0.1) is 5.56 Å². The third kappa shape index (κ3) is 3.19. The molecule has 2 aromatic rings. The Morgan fingerprint density at radius 3 is 2.56 bits per heavy atom. The molecule has 0 aromatic heterocycles. The highest BCUT2D eigenvalue weighted by atomic mass is 35.5. The van der Waals surface area contributed by atoms with Crippen molar-refractivity contribution in [2.24, 2.45) is 0 Å². The summed E-state index contributed by atoms with van der Waals surface area (Å²) in [7, 11) is 0. The van der Waals surface area contributed by atoms with Crippen LogP contribution in [0.4, 0.5) is 5.69 Å². The van der Waals surface area contributed by atoms with Crippen molar-refractivity contribution in [2.75, 3.05) is 5.73 Å². The highest BCUT2D eigenvalue weighted by molar-refractivity contribution is 7.98. The SMILES string of the molecule is N#Cc1cc(N)ccc1SCc1ccc(Cl)cc1. The maximum absolute atomic E-state index is 9.04. The van der Waals surface area contributed by atoms with E-state index in [-0.39, 0.29) is 0 Å². The lowest BCUT2D eigenvalue weighted by Crippen LogP contribution is -1.88. The molecule has 2 rings (SSSR count). The molecule has 2 aromatic carbocycles. The number of halogens is 1. The lowest BCUT2D eigenvalue weighted by molar-refractivity contribution is 1.34. The minimum Gasteiger partial charge on any atom is -0.399 e. The molecule has 0 radical (unpaired) electrons. The number of thioether (sulfide) groups is 1. The number of nitriles is 1. The second-order valence-corrected chi connectivity index (χ2v) is 5.24. The molecule has 4 heteroatoms. The molecule has 0 atom stereocenters. The van der Waals surface area contributed by atoms with Gasteiger partial charge in [0.25, 0.3) is 0 Å². The second-order valence-electron chi connectivity index (χ2n) is 3.78. The van der Waals surface area contributed by atoms with Crippen LogP contribution >= 0.6 is 23.4 Å². The maximum atomic E-state index is 9.04. The first-order valence-electron chi connectivity index (χ1n) is 5.36. The van der Waals surface area contributed by atoms with Crippen molar-refractivity contribution in [2.45, 2.75) is 10.6 Å². The molecule has 0 spiro atoms. The second kappa shape index (κ2) is 5.81. The normalized spacial score (nSPS) is 10.0. The Labute approximate surface area is 115 Å². The number of rotatable bonds is 3. The zero-order chi connectivity index (χ0) is 13.0. The fraction of sp³-hybridized carbons (Fsp3) is 0.0714. The quantitative estimate of drug-likeness (QED) is 0.677. The van der Waals surface area contributed by atoms with E-state index in [0.29, 0.717) is 11.3 Å². The molecule has 0 fully saturated rings. The van der Waals surface area contributed by atoms with E-state index in [1.54, 1.807) is 17.8 Å². The van der Waals surface area contributed by atoms with E-state index in [4.69, 9.17) is 22.6 Å². The molecule has 0 unspecified atom stereocenters. The van der Waals surface area contributed by atoms with Crippen molar-refractivity contribution in [3.8, 4) is 6.07 Å². The maximum Gasteiger partial charge on any atom is 0.100 e. The number of nitrogen functional groups attached to an aromatic ring is 1. The van der Waals surface area contributed by atoms with Crippen LogP contribution in [0.3, 0.4) is 0 Å². The number of nitrogens with two attached hydrogens (primary N) is 1. The van der Waals surface area contributed by atoms with Gasteiger partial charge in [0, 0.05) is 21.4 Å². The summed E-state index contributed by atoms with van der Waals surface area (Å²) in [5, 5.41) is 9.77. The average Bonchev–Trinajstić information content (AvgIpc) is 2.39. The van der Waals surface area contributed by atoms with E-state index in [0.717, 1.165) is 15.7 Å². The van der Waals surface area contributed by atoms with Crippen LogP contribution in [-0.4, -0.2) is 0 Å². The molecule has 0 bridgehead atoms. The van der Waals surface area contributed by atoms with Crippen molar-refractivity contribution in [3.05, 3.63) is 58.6 Å². The van der Waals surface area contributed by atoms with Crippen molar-refractivity contribution < 1.29 is 0 Å². The van der Waals surface area contributed by atoms with Crippen LogP contribution in [0.2, 0.25) is 5.02 Å². The Kier molecular flexibility index (Phi) is 4.14. The molecule has 90 valence electrons. The van der Waals surface area contributed by atoms with E-state index in [1.807, 2.05) is 36.4 Å². The summed E-state index contributed by atoms with van der Waals surface area (Å²) >= 11 is 7.45. The van der Waals surface area contributed by atoms with Crippen molar-refractivity contribution in [3.63, 3.8) is 0 Å². The summed E-state index contributed by atoms with van der Waals surface area (Å²) in [5.74, 6) is 0.801. The van der Waals surface area contributed by atoms with Crippen molar-refractivity contribution in [1.29, 1.82) is 5.26 Å². The Balaban J connectivity index is 2.11. The summed E-state index contributed by atoms with van der Waals surface area (Å²) in [4.78, 5) is 0.946. The minimum absolute atomic E-state index is 0.613. The van der Waals surface area contributed by atoms with E-state index in [1.165, 1.54) is 5.56 Å². The topological polar surface area (TPSA) is 49.8 Å². The van der Waals surface area contributed by atoms with Gasteiger partial charge in [-0.3, -0.25) is 0 Å². The smallest absolute Gasteiger partial charge is 0.100 e. The number of nitrogens with zero attached hydrogens (tertiary/aromatic N) is 1. The fourth-order valence-electron chi connectivity index (χ4n) is 1.50. The van der Waals surface area contributed by atoms with Gasteiger partial charge in [-0.2, -0.15) is 5.26 Å². The van der Waals surface area contributed by atoms with Gasteiger partial charge < -0.3 is 5.73 Å². The molecule has 0 aliphatic heterocycles. The molecule has 0 aliphatic carbocycles. The number of hydrogen-bond donors (Lipinski definition) is 1. The Morgan fingerprint density at radius 1 is 1.17 bits per heavy atom. The third-order valence-corrected chi connectivity index (χ3v) is 3.83. The highest BCUT2D eigenvalue weighted by Gasteiger charge is 2.03. The van der Waals surface area contributed by atoms with Crippen LogP contribution in [0.15, 0.2) is 47.4 Å². The van der Waals surface area contributed by atoms with Crippen LogP contribution < -0.4 is 5.73 Å². The van der Waals surface area contributed by atoms with Crippen LogP contribution in [0.5, 0.6) is 0 Å². The molecule has 0 aliphatic rings. The molecule has 2 N–H and O–H groups in total. The fourth-order valence-corrected chi connectivity index (χ4v) is 2.57. The predicted molar refractivity (Wildman–Crippen MR) is 76.6 cm³/mol. The van der Waals surface area contributed by atoms with Gasteiger partial charge in [-0.1, -0.05) is 23.7 Å². The lowest BCUT2D eigenvalue weighted by Gasteiger charge is -2.05. The van der Waals surface area contributed by atoms with Gasteiger partial charge in [0.2, 0.25) is 0 Å². The largest absolute Gasteiger partial charge is 0.399 e. The van der Waals surface area contributed by atoms with Gasteiger partial charge >= 0.3 is 0 Å². The molecular weight excluding hydrogens is 264 g/mol. The Bertz CT molecular complexity index is 588. The first-order chi connectivity index (χ1) is 8.69. The summed E-state index contributed by atoms with van der Waals surface area (Å²) in [6.45, 7) is 0. The predicted octanol–water partition coefficient (Wildman–Crippen LogP) is 4.09. The van der Waals surface area contributed by atoms with Crippen molar-refractivity contribution in [1.82, 2.24) is 0 Å². The van der Waals surface area contributed by atoms with Crippen molar-refractivity contribution >= 4 is 29.1 Å². The summed E-state index contributed by atoms with van der Waals surface area (Å²) < 4.78 is 0. The zero-order valence-electron chi connectivity index (χ0n) is 9.56. The molecular formula is C14H11ClN2S. The third-order valence-electron chi connectivity index (χ3n) is 2.43. The molecule has 0 amide bonds. The van der Waals surface area contributed by atoms with Crippen LogP contribution in [-0.2, 0) is 5.75 Å². The van der Waals surface area contributed by atoms with Crippen LogP contribution in [0.25, 0.3) is 0 Å². The first-order valence-corrected chi connectivity index (χ1v) is 6.72. The minimum atomic E-state index is 0.613. The monoisotopic (exact) mass is 274 g/mol. The van der Waals surface area contributed by atoms with Gasteiger partial charge in [-0.05, 0) is 35.9 Å². The molecule has 0 saturated carbocycles. The van der Waals surface area contributed by atoms with Crippen LogP contribution in [0, 0.1) is 11.3 Å². The molecule has 0 heterocycles. The van der Waals surface area contributed by atoms with Gasteiger partial charge in [-0.15, -0.1) is 11.8 Å². The molecule has 2 nitrogen and oxygen atoms in total. The summed E-state index contributed by atoms with van der Waals surface area (Å²) in [5.41, 5.74) is 8.06. The average molecular weight is 275 g/mol. The van der Waals surface area contributed by atoms with E-state index in [9.17, 15) is 0 Å². The van der Waals surface area contributed by atoms with Gasteiger partial charge in [-0.25, -0.2) is 0 Å². The lowest BCUT2D eigenvalue weighted by atomic mass is 10.2. The Morgan fingerprint density at radius 2 is 1.89 bits per heavy atom. The summed E-state index contributed by atoms with van der Waals surface area (Å²) in [6, 6.07) is 15.3. The number of hydrogen-bond acceptors (Lipinski definition) is 3. The summed E-state index contributed by atoms with van der Waals surface area (Å²) in [6.07, 6.45) is 0. The Hall–Kier alpha value is -1.63. The van der Waals surface area contributed by atoms with Gasteiger partial charge in [0.15, 0.2) is 0 Å². The van der Waals surface area contributed by atoms with Gasteiger partial charge in [0.1, 0.15) is 6.07 Å². The standard InChI is InChI=1S/C14H11ClN2S/c15-12-3-1-10(2-4-12)9-18-14-6-5-13(17)7-11(14)8-16/h1-7H,9,17H2.